The van der Waals surface area contributed by atoms with E-state index in [1.54, 1.807) is 6.92 Å². The Kier molecular flexibility index (Phi) is 9.39. The second kappa shape index (κ2) is 9.26. The quantitative estimate of drug-likeness (QED) is 0.437. The summed E-state index contributed by atoms with van der Waals surface area (Å²) in [5.41, 5.74) is -0.236. The van der Waals surface area contributed by atoms with Gasteiger partial charge in [0.15, 0.2) is 0 Å². The molecule has 1 atom stereocenters. The Morgan fingerprint density at radius 3 is 2.25 bits per heavy atom. The van der Waals surface area contributed by atoms with E-state index in [1.807, 2.05) is 6.92 Å². The summed E-state index contributed by atoms with van der Waals surface area (Å²) in [6.45, 7) is 6.85. The lowest BCUT2D eigenvalue weighted by atomic mass is 10.7. The van der Waals surface area contributed by atoms with Crippen LogP contribution in [0, 0.1) is 0 Å². The first kappa shape index (κ1) is 12.2. The Balaban J connectivity index is 2.82. The Bertz CT molecular complexity index is 88.4. The lowest BCUT2D eigenvalue weighted by molar-refractivity contribution is 0.0127. The van der Waals surface area contributed by atoms with Crippen LogP contribution in [0.4, 0.5) is 0 Å². The highest BCUT2D eigenvalue weighted by Gasteiger charge is 1.94. The van der Waals surface area contributed by atoms with Crippen LogP contribution >= 0.6 is 11.6 Å². The van der Waals surface area contributed by atoms with E-state index in [0.29, 0.717) is 26.4 Å². The third kappa shape index (κ3) is 10.2. The van der Waals surface area contributed by atoms with E-state index in [2.05, 4.69) is 0 Å². The highest BCUT2D eigenvalue weighted by Crippen LogP contribution is 1.94. The lowest BCUT2D eigenvalue weighted by Crippen LogP contribution is -2.11. The fraction of sp³-hybridized carbons (Fsp3) is 1.00. The van der Waals surface area contributed by atoms with Crippen LogP contribution in [0.15, 0.2) is 0 Å². The summed E-state index contributed by atoms with van der Waals surface area (Å²) < 4.78 is 15.3. The van der Waals surface area contributed by atoms with Gasteiger partial charge in [-0.25, -0.2) is 0 Å². The van der Waals surface area contributed by atoms with Crippen molar-refractivity contribution in [2.75, 3.05) is 33.0 Å². The predicted molar refractivity (Wildman–Crippen MR) is 48.6 cm³/mol. The Hall–Kier alpha value is 0.170. The van der Waals surface area contributed by atoms with Gasteiger partial charge < -0.3 is 14.2 Å². The molecule has 0 aromatic carbocycles. The first-order valence-electron chi connectivity index (χ1n) is 4.18. The molecular formula is C8H17ClO3. The van der Waals surface area contributed by atoms with Gasteiger partial charge in [0.25, 0.3) is 0 Å². The normalized spacial score (nSPS) is 13.2. The molecule has 0 aliphatic heterocycles. The number of alkyl halides is 1. The zero-order valence-electron chi connectivity index (χ0n) is 7.72. The summed E-state index contributed by atoms with van der Waals surface area (Å²) in [6.07, 6.45) is 0. The summed E-state index contributed by atoms with van der Waals surface area (Å²) in [4.78, 5) is 0. The molecule has 3 nitrogen and oxygen atoms in total. The van der Waals surface area contributed by atoms with Gasteiger partial charge in [0.2, 0.25) is 0 Å². The molecule has 12 heavy (non-hydrogen) atoms. The molecule has 0 aromatic heterocycles. The SMILES string of the molecule is CCOCCOCCOC(C)Cl. The molecule has 0 amide bonds. The van der Waals surface area contributed by atoms with E-state index in [4.69, 9.17) is 25.8 Å². The van der Waals surface area contributed by atoms with Crippen molar-refractivity contribution in [3.63, 3.8) is 0 Å². The van der Waals surface area contributed by atoms with Crippen LogP contribution in [-0.2, 0) is 14.2 Å². The minimum atomic E-state index is -0.236. The number of rotatable bonds is 8. The van der Waals surface area contributed by atoms with Gasteiger partial charge in [0, 0.05) is 6.61 Å². The molecule has 0 aromatic rings. The predicted octanol–water partition coefficient (Wildman–Crippen LogP) is 1.64. The molecule has 0 N–H and O–H groups in total. The third-order valence-electron chi connectivity index (χ3n) is 1.15. The van der Waals surface area contributed by atoms with Gasteiger partial charge in [-0.15, -0.1) is 0 Å². The van der Waals surface area contributed by atoms with Crippen LogP contribution in [-0.4, -0.2) is 38.6 Å². The van der Waals surface area contributed by atoms with Crippen molar-refractivity contribution in [1.82, 2.24) is 0 Å². The maximum atomic E-state index is 5.54. The van der Waals surface area contributed by atoms with Crippen molar-refractivity contribution >= 4 is 11.6 Å². The molecule has 0 spiro atoms. The van der Waals surface area contributed by atoms with Crippen LogP contribution < -0.4 is 0 Å². The first-order valence-corrected chi connectivity index (χ1v) is 4.62. The average Bonchev–Trinajstić information content (AvgIpc) is 2.02. The van der Waals surface area contributed by atoms with E-state index in [0.717, 1.165) is 6.61 Å². The second-order valence-electron chi connectivity index (χ2n) is 2.22. The smallest absolute Gasteiger partial charge is 0.128 e. The largest absolute Gasteiger partial charge is 0.379 e. The monoisotopic (exact) mass is 196 g/mol. The Morgan fingerprint density at radius 1 is 1.08 bits per heavy atom. The molecule has 0 bridgehead atoms. The number of hydrogen-bond donors (Lipinski definition) is 0. The van der Waals surface area contributed by atoms with Gasteiger partial charge in [0.05, 0.1) is 26.4 Å². The van der Waals surface area contributed by atoms with Crippen LogP contribution in [0.5, 0.6) is 0 Å². The fourth-order valence-electron chi connectivity index (χ4n) is 0.634. The van der Waals surface area contributed by atoms with E-state index < -0.39 is 0 Å². The number of hydrogen-bond acceptors (Lipinski definition) is 3. The Labute approximate surface area is 78.9 Å². The zero-order valence-corrected chi connectivity index (χ0v) is 8.47. The van der Waals surface area contributed by atoms with Gasteiger partial charge in [-0.1, -0.05) is 11.6 Å². The molecule has 0 saturated heterocycles. The molecule has 0 rings (SSSR count). The topological polar surface area (TPSA) is 27.7 Å². The van der Waals surface area contributed by atoms with Crippen LogP contribution in [0.25, 0.3) is 0 Å². The number of ether oxygens (including phenoxy) is 3. The summed E-state index contributed by atoms with van der Waals surface area (Å²) in [6, 6.07) is 0. The summed E-state index contributed by atoms with van der Waals surface area (Å²) in [5.74, 6) is 0. The van der Waals surface area contributed by atoms with Crippen molar-refractivity contribution in [3.05, 3.63) is 0 Å². The molecule has 0 heterocycles. The van der Waals surface area contributed by atoms with Crippen molar-refractivity contribution in [2.24, 2.45) is 0 Å². The fourth-order valence-corrected chi connectivity index (χ4v) is 0.723. The number of halogens is 1. The standard InChI is InChI=1S/C8H17ClO3/c1-3-10-4-5-11-6-7-12-8(2)9/h8H,3-7H2,1-2H3. The maximum absolute atomic E-state index is 5.54. The molecule has 0 aliphatic rings. The minimum absolute atomic E-state index is 0.236. The van der Waals surface area contributed by atoms with Gasteiger partial charge in [0.1, 0.15) is 5.56 Å². The summed E-state index contributed by atoms with van der Waals surface area (Å²) in [7, 11) is 0. The molecule has 1 unspecified atom stereocenters. The molecule has 0 aliphatic carbocycles. The van der Waals surface area contributed by atoms with Crippen molar-refractivity contribution < 1.29 is 14.2 Å². The van der Waals surface area contributed by atoms with E-state index in [-0.39, 0.29) is 5.56 Å². The average molecular weight is 197 g/mol. The van der Waals surface area contributed by atoms with Gasteiger partial charge in [-0.05, 0) is 13.8 Å². The molecule has 0 radical (unpaired) electrons. The zero-order chi connectivity index (χ0) is 9.23. The lowest BCUT2D eigenvalue weighted by Gasteiger charge is -2.06. The van der Waals surface area contributed by atoms with Crippen LogP contribution in [0.2, 0.25) is 0 Å². The Morgan fingerprint density at radius 2 is 1.67 bits per heavy atom. The highest BCUT2D eigenvalue weighted by atomic mass is 35.5. The molecule has 0 fully saturated rings. The summed E-state index contributed by atoms with van der Waals surface area (Å²) in [5, 5.41) is 0. The van der Waals surface area contributed by atoms with E-state index >= 15 is 0 Å². The maximum Gasteiger partial charge on any atom is 0.128 e. The molecule has 0 saturated carbocycles. The van der Waals surface area contributed by atoms with Gasteiger partial charge in [-0.2, -0.15) is 0 Å². The minimum Gasteiger partial charge on any atom is -0.379 e. The van der Waals surface area contributed by atoms with Crippen molar-refractivity contribution in [3.8, 4) is 0 Å². The van der Waals surface area contributed by atoms with E-state index in [9.17, 15) is 0 Å². The highest BCUT2D eigenvalue weighted by molar-refractivity contribution is 6.19. The van der Waals surface area contributed by atoms with Crippen LogP contribution in [0.1, 0.15) is 13.8 Å². The summed E-state index contributed by atoms with van der Waals surface area (Å²) >= 11 is 5.54. The molecular weight excluding hydrogens is 180 g/mol. The molecule has 4 heteroatoms. The molecule has 74 valence electrons. The first-order chi connectivity index (χ1) is 5.77. The van der Waals surface area contributed by atoms with Gasteiger partial charge >= 0.3 is 0 Å². The van der Waals surface area contributed by atoms with Gasteiger partial charge in [-0.3, -0.25) is 0 Å². The second-order valence-corrected chi connectivity index (χ2v) is 2.84. The van der Waals surface area contributed by atoms with Crippen LogP contribution in [0.3, 0.4) is 0 Å². The van der Waals surface area contributed by atoms with Crippen molar-refractivity contribution in [2.45, 2.75) is 19.4 Å². The van der Waals surface area contributed by atoms with E-state index in [1.165, 1.54) is 0 Å². The third-order valence-corrected chi connectivity index (χ3v) is 1.28. The van der Waals surface area contributed by atoms with Crippen molar-refractivity contribution in [1.29, 1.82) is 0 Å².